The summed E-state index contributed by atoms with van der Waals surface area (Å²) in [6.07, 6.45) is 0. The van der Waals surface area contributed by atoms with Crippen molar-refractivity contribution in [2.75, 3.05) is 0 Å². The monoisotopic (exact) mass is 175 g/mol. The number of hydrogen-bond donors (Lipinski definition) is 1. The van der Waals surface area contributed by atoms with E-state index >= 15 is 0 Å². The van der Waals surface area contributed by atoms with Gasteiger partial charge in [-0.1, -0.05) is 41.4 Å². The Labute approximate surface area is 69.5 Å². The van der Waals surface area contributed by atoms with Crippen LogP contribution in [0.25, 0.3) is 0 Å². The molecule has 0 saturated carbocycles. The lowest BCUT2D eigenvalue weighted by molar-refractivity contribution is 0.951. The van der Waals surface area contributed by atoms with Gasteiger partial charge in [0.05, 0.1) is 0 Å². The minimum Gasteiger partial charge on any atom is -0.344 e. The van der Waals surface area contributed by atoms with Crippen LogP contribution >= 0.6 is 23.2 Å². The third kappa shape index (κ3) is 0.749. The van der Waals surface area contributed by atoms with Crippen LogP contribution in [0.15, 0.2) is 24.3 Å². The highest BCUT2D eigenvalue weighted by molar-refractivity contribution is 6.51. The lowest BCUT2D eigenvalue weighted by atomic mass is 9.92. The Morgan fingerprint density at radius 3 is 1.80 bits per heavy atom. The molecule has 0 atom stereocenters. The van der Waals surface area contributed by atoms with E-state index in [1.54, 1.807) is 0 Å². The summed E-state index contributed by atoms with van der Waals surface area (Å²) in [7, 11) is 0. The summed E-state index contributed by atoms with van der Waals surface area (Å²) in [6, 6.07) is 7.79. The second-order valence-electron chi connectivity index (χ2n) is 2.16. The fourth-order valence-electron chi connectivity index (χ4n) is 0.999. The second kappa shape index (κ2) is 2.12. The zero-order valence-electron chi connectivity index (χ0n) is 5.27. The summed E-state index contributed by atoms with van der Waals surface area (Å²) in [5.74, 6) is 0. The van der Waals surface area contributed by atoms with E-state index < -0.39 is 4.33 Å². The van der Waals surface area contributed by atoms with Crippen LogP contribution in [0, 0.1) is 0 Å². The summed E-state index contributed by atoms with van der Waals surface area (Å²) in [5, 5.41) is 0. The molecular formula is C7H7Cl2N. The van der Waals surface area contributed by atoms with E-state index in [0.717, 1.165) is 11.1 Å². The summed E-state index contributed by atoms with van der Waals surface area (Å²) >= 11 is 11.7. The number of fused-ring (bicyclic) bond motifs is 2. The Bertz CT molecular complexity index is 229. The molecule has 3 heteroatoms. The van der Waals surface area contributed by atoms with E-state index in [0.29, 0.717) is 0 Å². The Kier molecular flexibility index (Phi) is 1.67. The lowest BCUT2D eigenvalue weighted by Crippen LogP contribution is -2.21. The van der Waals surface area contributed by atoms with Gasteiger partial charge in [0.2, 0.25) is 0 Å². The molecule has 1 aromatic rings. The average Bonchev–Trinajstić information content (AvgIpc) is 1.89. The third-order valence-corrected chi connectivity index (χ3v) is 2.46. The van der Waals surface area contributed by atoms with Gasteiger partial charge >= 0.3 is 0 Å². The molecule has 0 unspecified atom stereocenters. The van der Waals surface area contributed by atoms with Crippen molar-refractivity contribution in [1.29, 1.82) is 0 Å². The van der Waals surface area contributed by atoms with Crippen LogP contribution in [-0.2, 0) is 4.33 Å². The van der Waals surface area contributed by atoms with Crippen molar-refractivity contribution in [2.24, 2.45) is 0 Å². The maximum absolute atomic E-state index is 5.85. The van der Waals surface area contributed by atoms with Crippen molar-refractivity contribution < 1.29 is 0 Å². The van der Waals surface area contributed by atoms with Crippen LogP contribution in [0.1, 0.15) is 11.1 Å². The van der Waals surface area contributed by atoms with Crippen LogP contribution in [-0.4, -0.2) is 0 Å². The highest BCUT2D eigenvalue weighted by Crippen LogP contribution is 2.48. The van der Waals surface area contributed by atoms with Crippen molar-refractivity contribution in [2.45, 2.75) is 4.33 Å². The van der Waals surface area contributed by atoms with Crippen LogP contribution in [0.2, 0.25) is 0 Å². The van der Waals surface area contributed by atoms with E-state index in [1.807, 2.05) is 24.3 Å². The minimum atomic E-state index is -0.686. The number of benzene rings is 1. The van der Waals surface area contributed by atoms with Crippen molar-refractivity contribution >= 4 is 23.2 Å². The minimum absolute atomic E-state index is 0. The third-order valence-electron chi connectivity index (χ3n) is 1.59. The molecule has 3 N–H and O–H groups in total. The van der Waals surface area contributed by atoms with Gasteiger partial charge in [-0.25, -0.2) is 0 Å². The zero-order chi connectivity index (χ0) is 6.48. The SMILES string of the molecule is ClC1(Cl)c2cccc1c2.N. The first kappa shape index (κ1) is 7.86. The predicted molar refractivity (Wildman–Crippen MR) is 44.0 cm³/mol. The predicted octanol–water partition coefficient (Wildman–Crippen LogP) is 2.84. The van der Waals surface area contributed by atoms with Crippen molar-refractivity contribution in [3.8, 4) is 0 Å². The van der Waals surface area contributed by atoms with Crippen LogP contribution in [0.5, 0.6) is 0 Å². The van der Waals surface area contributed by atoms with Gasteiger partial charge in [0, 0.05) is 0 Å². The number of rotatable bonds is 0. The van der Waals surface area contributed by atoms with Crippen molar-refractivity contribution in [3.63, 3.8) is 0 Å². The molecule has 10 heavy (non-hydrogen) atoms. The molecule has 0 spiro atoms. The molecule has 2 aliphatic rings. The van der Waals surface area contributed by atoms with Crippen molar-refractivity contribution in [1.82, 2.24) is 6.15 Å². The highest BCUT2D eigenvalue weighted by atomic mass is 35.5. The Morgan fingerprint density at radius 1 is 1.10 bits per heavy atom. The summed E-state index contributed by atoms with van der Waals surface area (Å²) < 4.78 is -0.686. The first-order chi connectivity index (χ1) is 4.21. The van der Waals surface area contributed by atoms with E-state index in [9.17, 15) is 0 Å². The van der Waals surface area contributed by atoms with Gasteiger partial charge in [-0.2, -0.15) is 0 Å². The number of alkyl halides is 2. The van der Waals surface area contributed by atoms with E-state index in [1.165, 1.54) is 0 Å². The molecule has 1 aromatic carbocycles. The molecule has 1 nitrogen and oxygen atoms in total. The Balaban J connectivity index is 0.000000500. The van der Waals surface area contributed by atoms with Gasteiger partial charge in [0.1, 0.15) is 0 Å². The number of halogens is 2. The Morgan fingerprint density at radius 2 is 1.60 bits per heavy atom. The van der Waals surface area contributed by atoms with Gasteiger partial charge < -0.3 is 6.15 Å². The molecule has 0 amide bonds. The van der Waals surface area contributed by atoms with Gasteiger partial charge in [-0.15, -0.1) is 0 Å². The van der Waals surface area contributed by atoms with Gasteiger partial charge in [0.25, 0.3) is 0 Å². The summed E-state index contributed by atoms with van der Waals surface area (Å²) in [5.41, 5.74) is 2.01. The fourth-order valence-corrected chi connectivity index (χ4v) is 1.47. The normalized spacial score (nSPS) is 17.0. The molecule has 0 heterocycles. The van der Waals surface area contributed by atoms with E-state index in [4.69, 9.17) is 23.2 Å². The molecule has 2 aliphatic carbocycles. The van der Waals surface area contributed by atoms with E-state index in [2.05, 4.69) is 0 Å². The fraction of sp³-hybridized carbons (Fsp3) is 0.143. The second-order valence-corrected chi connectivity index (χ2v) is 3.48. The molecular weight excluding hydrogens is 169 g/mol. The Hall–Kier alpha value is -0.240. The van der Waals surface area contributed by atoms with Crippen LogP contribution in [0.4, 0.5) is 0 Å². The molecule has 0 aliphatic heterocycles. The maximum atomic E-state index is 5.85. The molecule has 54 valence electrons. The van der Waals surface area contributed by atoms with Gasteiger partial charge in [0.15, 0.2) is 4.33 Å². The lowest BCUT2D eigenvalue weighted by Gasteiger charge is -2.29. The first-order valence-corrected chi connectivity index (χ1v) is 3.46. The van der Waals surface area contributed by atoms with Crippen LogP contribution < -0.4 is 6.15 Å². The van der Waals surface area contributed by atoms with Crippen LogP contribution in [0.3, 0.4) is 0 Å². The summed E-state index contributed by atoms with van der Waals surface area (Å²) in [4.78, 5) is 0. The standard InChI is InChI=1S/C7H4Cl2.H3N/c8-7(9)5-2-1-3-6(7)4-5;/h1-4H;1H3. The molecule has 0 radical (unpaired) electrons. The first-order valence-electron chi connectivity index (χ1n) is 2.70. The molecule has 3 rings (SSSR count). The highest BCUT2D eigenvalue weighted by Gasteiger charge is 2.36. The van der Waals surface area contributed by atoms with Crippen molar-refractivity contribution in [3.05, 3.63) is 35.4 Å². The average molecular weight is 176 g/mol. The maximum Gasteiger partial charge on any atom is 0.168 e. The zero-order valence-corrected chi connectivity index (χ0v) is 6.78. The number of hydrogen-bond acceptors (Lipinski definition) is 1. The van der Waals surface area contributed by atoms with Gasteiger partial charge in [-0.05, 0) is 17.2 Å². The van der Waals surface area contributed by atoms with Gasteiger partial charge in [-0.3, -0.25) is 0 Å². The molecule has 0 aromatic heterocycles. The summed E-state index contributed by atoms with van der Waals surface area (Å²) in [6.45, 7) is 0. The molecule has 0 saturated heterocycles. The molecule has 2 bridgehead atoms. The largest absolute Gasteiger partial charge is 0.344 e. The quantitative estimate of drug-likeness (QED) is 0.606. The smallest absolute Gasteiger partial charge is 0.168 e. The molecule has 0 fully saturated rings. The topological polar surface area (TPSA) is 35.0 Å². The van der Waals surface area contributed by atoms with E-state index in [-0.39, 0.29) is 6.15 Å².